The number of rotatable bonds is 12. The first-order chi connectivity index (χ1) is 14.3. The summed E-state index contributed by atoms with van der Waals surface area (Å²) in [6, 6.07) is 12.2. The van der Waals surface area contributed by atoms with E-state index >= 15 is 0 Å². The summed E-state index contributed by atoms with van der Waals surface area (Å²) in [6.07, 6.45) is 3.33. The highest BCUT2D eigenvalue weighted by atomic mass is 79.9. The van der Waals surface area contributed by atoms with E-state index < -0.39 is 16.0 Å². The van der Waals surface area contributed by atoms with Crippen molar-refractivity contribution in [3.8, 4) is 0 Å². The van der Waals surface area contributed by atoms with E-state index in [9.17, 15) is 18.3 Å². The molecule has 5 nitrogen and oxygen atoms in total. The van der Waals surface area contributed by atoms with E-state index in [0.29, 0.717) is 23.7 Å². The normalized spacial score (nSPS) is 11.7. The highest BCUT2D eigenvalue weighted by molar-refractivity contribution is 9.10. The summed E-state index contributed by atoms with van der Waals surface area (Å²) >= 11 is 4.81. The molecule has 164 valence electrons. The maximum Gasteiger partial charge on any atom is 0.336 e. The van der Waals surface area contributed by atoms with E-state index in [1.807, 2.05) is 38.1 Å². The van der Waals surface area contributed by atoms with Crippen LogP contribution >= 0.6 is 27.7 Å². The summed E-state index contributed by atoms with van der Waals surface area (Å²) in [7, 11) is -3.74. The van der Waals surface area contributed by atoms with Gasteiger partial charge in [0, 0.05) is 28.2 Å². The van der Waals surface area contributed by atoms with Crippen molar-refractivity contribution in [2.24, 2.45) is 0 Å². The van der Waals surface area contributed by atoms with Crippen LogP contribution in [-0.2, 0) is 15.8 Å². The summed E-state index contributed by atoms with van der Waals surface area (Å²) < 4.78 is 28.8. The van der Waals surface area contributed by atoms with Crippen LogP contribution in [0.5, 0.6) is 0 Å². The summed E-state index contributed by atoms with van der Waals surface area (Å²) in [5, 5.41) is 9.69. The molecule has 8 heteroatoms. The molecule has 2 aromatic rings. The Morgan fingerprint density at radius 3 is 2.30 bits per heavy atom. The minimum Gasteiger partial charge on any atom is -0.478 e. The number of unbranched alkanes of at least 4 members (excludes halogenated alkanes) is 2. The molecule has 0 aliphatic rings. The molecule has 0 aliphatic carbocycles. The smallest absolute Gasteiger partial charge is 0.336 e. The van der Waals surface area contributed by atoms with Crippen LogP contribution in [0.15, 0.2) is 56.7 Å². The second-order valence-corrected chi connectivity index (χ2v) is 10.9. The van der Waals surface area contributed by atoms with Gasteiger partial charge in [-0.3, -0.25) is 0 Å². The van der Waals surface area contributed by atoms with Crippen molar-refractivity contribution in [2.45, 2.75) is 55.1 Å². The molecule has 0 bridgehead atoms. The molecule has 0 radical (unpaired) electrons. The molecule has 0 saturated carbocycles. The largest absolute Gasteiger partial charge is 0.478 e. The van der Waals surface area contributed by atoms with Crippen LogP contribution in [-0.4, -0.2) is 36.9 Å². The standard InChI is InChI=1S/C22H28BrNO4S2/c1-3-5-12-24(13-6-4-2)30(27,28)19-10-11-21(20(15-19)22(25)26)29-16-17-8-7-9-18(23)14-17/h7-11,14-15H,3-6,12-13,16H2,1-2H3,(H,25,26). The molecular weight excluding hydrogens is 486 g/mol. The van der Waals surface area contributed by atoms with Crippen molar-refractivity contribution >= 4 is 43.7 Å². The second-order valence-electron chi connectivity index (χ2n) is 6.99. The van der Waals surface area contributed by atoms with Crippen molar-refractivity contribution in [1.82, 2.24) is 4.31 Å². The molecule has 2 rings (SSSR count). The third kappa shape index (κ3) is 6.83. The lowest BCUT2D eigenvalue weighted by molar-refractivity contribution is 0.0693. The Morgan fingerprint density at radius 1 is 1.07 bits per heavy atom. The van der Waals surface area contributed by atoms with Gasteiger partial charge >= 0.3 is 5.97 Å². The Balaban J connectivity index is 2.30. The van der Waals surface area contributed by atoms with Gasteiger partial charge in [-0.05, 0) is 48.7 Å². The van der Waals surface area contributed by atoms with Gasteiger partial charge in [0.05, 0.1) is 10.5 Å². The average molecular weight is 515 g/mol. The maximum atomic E-state index is 13.2. The molecule has 0 saturated heterocycles. The first-order valence-electron chi connectivity index (χ1n) is 10.0. The number of hydrogen-bond acceptors (Lipinski definition) is 4. The van der Waals surface area contributed by atoms with Gasteiger partial charge in [0.2, 0.25) is 10.0 Å². The molecule has 2 aromatic carbocycles. The Bertz CT molecular complexity index is 955. The monoisotopic (exact) mass is 513 g/mol. The van der Waals surface area contributed by atoms with Crippen LogP contribution in [0.3, 0.4) is 0 Å². The van der Waals surface area contributed by atoms with E-state index in [4.69, 9.17) is 0 Å². The van der Waals surface area contributed by atoms with E-state index in [1.54, 1.807) is 6.07 Å². The summed E-state index contributed by atoms with van der Waals surface area (Å²) in [5.41, 5.74) is 1.06. The molecule has 30 heavy (non-hydrogen) atoms. The number of nitrogens with zero attached hydrogens (tertiary/aromatic N) is 1. The second kappa shape index (κ2) is 11.9. The van der Waals surface area contributed by atoms with Crippen molar-refractivity contribution in [3.05, 3.63) is 58.1 Å². The summed E-state index contributed by atoms with van der Waals surface area (Å²) in [4.78, 5) is 12.4. The van der Waals surface area contributed by atoms with Crippen LogP contribution in [0.1, 0.15) is 55.5 Å². The lowest BCUT2D eigenvalue weighted by atomic mass is 10.2. The predicted octanol–water partition coefficient (Wildman–Crippen LogP) is 6.03. The van der Waals surface area contributed by atoms with Gasteiger partial charge < -0.3 is 5.11 Å². The zero-order valence-electron chi connectivity index (χ0n) is 17.3. The molecule has 0 unspecified atom stereocenters. The third-order valence-corrected chi connectivity index (χ3v) is 8.16. The molecule has 0 aliphatic heterocycles. The number of sulfonamides is 1. The summed E-state index contributed by atoms with van der Waals surface area (Å²) in [6.45, 7) is 4.93. The Labute approximate surface area is 192 Å². The Hall–Kier alpha value is -1.35. The molecular formula is C22H28BrNO4S2. The molecule has 0 amide bonds. The number of carboxylic acids is 1. The van der Waals surface area contributed by atoms with Crippen LogP contribution < -0.4 is 0 Å². The first-order valence-corrected chi connectivity index (χ1v) is 13.3. The van der Waals surface area contributed by atoms with Gasteiger partial charge in [-0.25, -0.2) is 13.2 Å². The fourth-order valence-electron chi connectivity index (χ4n) is 2.92. The average Bonchev–Trinajstić information content (AvgIpc) is 2.72. The van der Waals surface area contributed by atoms with Crippen LogP contribution in [0.25, 0.3) is 0 Å². The van der Waals surface area contributed by atoms with Crippen molar-refractivity contribution in [1.29, 1.82) is 0 Å². The zero-order chi connectivity index (χ0) is 22.1. The number of thioether (sulfide) groups is 1. The fourth-order valence-corrected chi connectivity index (χ4v) is 5.88. The van der Waals surface area contributed by atoms with Gasteiger partial charge in [0.1, 0.15) is 0 Å². The number of aromatic carboxylic acids is 1. The minimum atomic E-state index is -3.74. The third-order valence-electron chi connectivity index (χ3n) is 4.62. The molecule has 0 spiro atoms. The lowest BCUT2D eigenvalue weighted by Crippen LogP contribution is -2.33. The predicted molar refractivity (Wildman–Crippen MR) is 126 cm³/mol. The SMILES string of the molecule is CCCCN(CCCC)S(=O)(=O)c1ccc(SCc2cccc(Br)c2)c(C(=O)O)c1. The van der Waals surface area contributed by atoms with Gasteiger partial charge in [0.25, 0.3) is 0 Å². The van der Waals surface area contributed by atoms with Crippen molar-refractivity contribution in [3.63, 3.8) is 0 Å². The van der Waals surface area contributed by atoms with Crippen molar-refractivity contribution in [2.75, 3.05) is 13.1 Å². The quantitative estimate of drug-likeness (QED) is 0.350. The number of benzene rings is 2. The van der Waals surface area contributed by atoms with Gasteiger partial charge in [0.15, 0.2) is 0 Å². The van der Waals surface area contributed by atoms with Gasteiger partial charge in [-0.2, -0.15) is 4.31 Å². The topological polar surface area (TPSA) is 74.7 Å². The van der Waals surface area contributed by atoms with Crippen molar-refractivity contribution < 1.29 is 18.3 Å². The van der Waals surface area contributed by atoms with Crippen LogP contribution in [0.2, 0.25) is 0 Å². The number of carboxylic acid groups (broad SMARTS) is 1. The first kappa shape index (κ1) is 24.9. The van der Waals surface area contributed by atoms with E-state index in [1.165, 1.54) is 28.2 Å². The molecule has 0 aromatic heterocycles. The van der Waals surface area contributed by atoms with E-state index in [-0.39, 0.29) is 10.5 Å². The summed E-state index contributed by atoms with van der Waals surface area (Å²) in [5.74, 6) is -0.539. The highest BCUT2D eigenvalue weighted by Gasteiger charge is 2.25. The lowest BCUT2D eigenvalue weighted by Gasteiger charge is -2.22. The minimum absolute atomic E-state index is 0.0157. The Morgan fingerprint density at radius 2 is 1.73 bits per heavy atom. The molecule has 0 heterocycles. The zero-order valence-corrected chi connectivity index (χ0v) is 20.5. The fraction of sp³-hybridized carbons (Fsp3) is 0.409. The van der Waals surface area contributed by atoms with Gasteiger partial charge in [-0.1, -0.05) is 54.8 Å². The molecule has 0 atom stereocenters. The molecule has 1 N–H and O–H groups in total. The van der Waals surface area contributed by atoms with E-state index in [2.05, 4.69) is 15.9 Å². The number of halogens is 1. The number of hydrogen-bond donors (Lipinski definition) is 1. The Kier molecular flexibility index (Phi) is 9.87. The highest BCUT2D eigenvalue weighted by Crippen LogP contribution is 2.30. The number of carbonyl (C=O) groups is 1. The van der Waals surface area contributed by atoms with Gasteiger partial charge in [-0.15, -0.1) is 11.8 Å². The molecule has 0 fully saturated rings. The maximum absolute atomic E-state index is 13.2. The van der Waals surface area contributed by atoms with E-state index in [0.717, 1.165) is 35.7 Å². The van der Waals surface area contributed by atoms with Crippen LogP contribution in [0, 0.1) is 0 Å². The van der Waals surface area contributed by atoms with Crippen LogP contribution in [0.4, 0.5) is 0 Å².